The Labute approximate surface area is 147 Å². The molecule has 25 heavy (non-hydrogen) atoms. The van der Waals surface area contributed by atoms with Crippen LogP contribution in [-0.4, -0.2) is 47.9 Å². The fraction of sp³-hybridized carbons (Fsp3) is 0.421. The molecule has 1 aliphatic rings. The van der Waals surface area contributed by atoms with Gasteiger partial charge in [0.15, 0.2) is 0 Å². The molecule has 6 heteroatoms. The number of hydrogen-bond acceptors (Lipinski definition) is 5. The molecule has 6 nitrogen and oxygen atoms in total. The summed E-state index contributed by atoms with van der Waals surface area (Å²) in [6.45, 7) is 5.18. The molecule has 0 saturated carbocycles. The van der Waals surface area contributed by atoms with Crippen LogP contribution in [0.4, 0.5) is 0 Å². The van der Waals surface area contributed by atoms with Crippen LogP contribution in [0.25, 0.3) is 11.1 Å². The summed E-state index contributed by atoms with van der Waals surface area (Å²) in [6, 6.07) is 7.61. The van der Waals surface area contributed by atoms with Crippen molar-refractivity contribution in [2.24, 2.45) is 7.05 Å². The summed E-state index contributed by atoms with van der Waals surface area (Å²) in [5.41, 5.74) is 3.31. The minimum Gasteiger partial charge on any atom is -0.496 e. The molecule has 0 spiro atoms. The average Bonchev–Trinajstić information content (AvgIpc) is 2.65. The number of ether oxygens (including phenoxy) is 1. The van der Waals surface area contributed by atoms with E-state index in [1.165, 1.54) is 0 Å². The van der Waals surface area contributed by atoms with E-state index in [1.54, 1.807) is 31.8 Å². The fourth-order valence-corrected chi connectivity index (χ4v) is 3.27. The van der Waals surface area contributed by atoms with E-state index in [4.69, 9.17) is 4.74 Å². The highest BCUT2D eigenvalue weighted by atomic mass is 16.5. The van der Waals surface area contributed by atoms with Crippen molar-refractivity contribution < 1.29 is 9.84 Å². The van der Waals surface area contributed by atoms with Crippen LogP contribution < -0.4 is 15.6 Å². The highest BCUT2D eigenvalue weighted by Crippen LogP contribution is 2.33. The Morgan fingerprint density at radius 3 is 2.60 bits per heavy atom. The third-order valence-electron chi connectivity index (χ3n) is 4.69. The Balaban J connectivity index is 1.96. The molecule has 2 N–H and O–H groups in total. The van der Waals surface area contributed by atoms with Gasteiger partial charge in [0.2, 0.25) is 0 Å². The molecular weight excluding hydrogens is 318 g/mol. The van der Waals surface area contributed by atoms with Gasteiger partial charge in [0.25, 0.3) is 5.56 Å². The molecule has 1 aromatic heterocycles. The summed E-state index contributed by atoms with van der Waals surface area (Å²) in [4.78, 5) is 14.0. The summed E-state index contributed by atoms with van der Waals surface area (Å²) >= 11 is 0. The van der Waals surface area contributed by atoms with E-state index in [2.05, 4.69) is 5.32 Å². The van der Waals surface area contributed by atoms with E-state index in [9.17, 15) is 9.90 Å². The van der Waals surface area contributed by atoms with Crippen molar-refractivity contribution in [3.63, 3.8) is 0 Å². The molecule has 1 atom stereocenters. The highest BCUT2D eigenvalue weighted by molar-refractivity contribution is 5.71. The standard InChI is InChI=1S/C19H25N3O3/c1-13-10-15(12-21(2)18(13)23)16-5-4-14(11-17(16)25-3)19(24)22-8-6-20-7-9-22/h4-5,10-12,19-20,24H,6-9H2,1-3H3. The molecule has 0 radical (unpaired) electrons. The summed E-state index contributed by atoms with van der Waals surface area (Å²) in [5, 5.41) is 13.9. The summed E-state index contributed by atoms with van der Waals surface area (Å²) < 4.78 is 7.14. The third-order valence-corrected chi connectivity index (χ3v) is 4.69. The quantitative estimate of drug-likeness (QED) is 0.875. The number of hydrogen-bond donors (Lipinski definition) is 2. The number of rotatable bonds is 4. The van der Waals surface area contributed by atoms with Gasteiger partial charge in [-0.05, 0) is 24.6 Å². The van der Waals surface area contributed by atoms with Gasteiger partial charge in [-0.15, -0.1) is 0 Å². The second-order valence-corrected chi connectivity index (χ2v) is 6.45. The zero-order valence-corrected chi connectivity index (χ0v) is 15.0. The number of piperazine rings is 1. The van der Waals surface area contributed by atoms with Gasteiger partial charge in [-0.3, -0.25) is 9.69 Å². The first-order valence-electron chi connectivity index (χ1n) is 8.49. The van der Waals surface area contributed by atoms with Gasteiger partial charge in [-0.2, -0.15) is 0 Å². The Bertz CT molecular complexity index is 784. The Kier molecular flexibility index (Phi) is 5.22. The number of pyridine rings is 1. The molecule has 2 heterocycles. The first-order chi connectivity index (χ1) is 12.0. The number of nitrogens with one attached hydrogen (secondary N) is 1. The molecule has 1 aliphatic heterocycles. The largest absolute Gasteiger partial charge is 0.496 e. The number of methoxy groups -OCH3 is 1. The van der Waals surface area contributed by atoms with E-state index in [0.29, 0.717) is 11.3 Å². The number of nitrogens with zero attached hydrogens (tertiary/aromatic N) is 2. The molecular formula is C19H25N3O3. The third kappa shape index (κ3) is 3.61. The predicted molar refractivity (Wildman–Crippen MR) is 97.8 cm³/mol. The topological polar surface area (TPSA) is 66.7 Å². The van der Waals surface area contributed by atoms with Crippen LogP contribution in [0.5, 0.6) is 5.75 Å². The van der Waals surface area contributed by atoms with Crippen LogP contribution in [0.2, 0.25) is 0 Å². The maximum Gasteiger partial charge on any atom is 0.253 e. The van der Waals surface area contributed by atoms with Crippen LogP contribution in [0, 0.1) is 6.92 Å². The van der Waals surface area contributed by atoms with Crippen molar-refractivity contribution in [3.8, 4) is 16.9 Å². The molecule has 3 rings (SSSR count). The van der Waals surface area contributed by atoms with Crippen molar-refractivity contribution >= 4 is 0 Å². The average molecular weight is 343 g/mol. The molecule has 1 unspecified atom stereocenters. The lowest BCUT2D eigenvalue weighted by molar-refractivity contribution is -0.00556. The van der Waals surface area contributed by atoms with Gasteiger partial charge < -0.3 is 19.7 Å². The number of aliphatic hydroxyl groups excluding tert-OH is 1. The molecule has 1 aromatic carbocycles. The second-order valence-electron chi connectivity index (χ2n) is 6.45. The maximum absolute atomic E-state index is 11.9. The van der Waals surface area contributed by atoms with E-state index < -0.39 is 6.23 Å². The lowest BCUT2D eigenvalue weighted by atomic mass is 10.0. The van der Waals surface area contributed by atoms with Crippen LogP contribution in [0.3, 0.4) is 0 Å². The van der Waals surface area contributed by atoms with Crippen molar-refractivity contribution in [2.75, 3.05) is 33.3 Å². The minimum atomic E-state index is -0.646. The van der Waals surface area contributed by atoms with E-state index in [1.807, 2.05) is 29.2 Å². The van der Waals surface area contributed by atoms with Gasteiger partial charge in [0, 0.05) is 56.1 Å². The predicted octanol–water partition coefficient (Wildman–Crippen LogP) is 1.27. The summed E-state index contributed by atoms with van der Waals surface area (Å²) in [7, 11) is 3.36. The van der Waals surface area contributed by atoms with Crippen LogP contribution >= 0.6 is 0 Å². The van der Waals surface area contributed by atoms with Crippen LogP contribution in [-0.2, 0) is 7.05 Å². The van der Waals surface area contributed by atoms with Gasteiger partial charge in [-0.25, -0.2) is 0 Å². The van der Waals surface area contributed by atoms with Crippen LogP contribution in [0.1, 0.15) is 17.4 Å². The van der Waals surface area contributed by atoms with Crippen molar-refractivity contribution in [1.82, 2.24) is 14.8 Å². The molecule has 1 saturated heterocycles. The molecule has 0 amide bonds. The number of aromatic nitrogens is 1. The Morgan fingerprint density at radius 1 is 1.24 bits per heavy atom. The second kappa shape index (κ2) is 7.39. The van der Waals surface area contributed by atoms with Crippen molar-refractivity contribution in [3.05, 3.63) is 51.9 Å². The van der Waals surface area contributed by atoms with Crippen LogP contribution in [0.15, 0.2) is 35.3 Å². The zero-order chi connectivity index (χ0) is 18.0. The first-order valence-corrected chi connectivity index (χ1v) is 8.49. The van der Waals surface area contributed by atoms with Crippen molar-refractivity contribution in [1.29, 1.82) is 0 Å². The van der Waals surface area contributed by atoms with Gasteiger partial charge in [-0.1, -0.05) is 12.1 Å². The lowest BCUT2D eigenvalue weighted by Crippen LogP contribution is -2.45. The molecule has 0 bridgehead atoms. The number of aliphatic hydroxyl groups is 1. The zero-order valence-electron chi connectivity index (χ0n) is 15.0. The van der Waals surface area contributed by atoms with Gasteiger partial charge in [0.1, 0.15) is 12.0 Å². The molecule has 134 valence electrons. The van der Waals surface area contributed by atoms with Crippen molar-refractivity contribution in [2.45, 2.75) is 13.2 Å². The highest BCUT2D eigenvalue weighted by Gasteiger charge is 2.21. The molecule has 2 aromatic rings. The fourth-order valence-electron chi connectivity index (χ4n) is 3.27. The van der Waals surface area contributed by atoms with E-state index in [-0.39, 0.29) is 5.56 Å². The normalized spacial score (nSPS) is 16.6. The number of benzene rings is 1. The summed E-state index contributed by atoms with van der Waals surface area (Å²) in [6.07, 6.45) is 1.16. The van der Waals surface area contributed by atoms with Gasteiger partial charge in [0.05, 0.1) is 7.11 Å². The number of aryl methyl sites for hydroxylation is 2. The first kappa shape index (κ1) is 17.7. The van der Waals surface area contributed by atoms with E-state index >= 15 is 0 Å². The van der Waals surface area contributed by atoms with Gasteiger partial charge >= 0.3 is 0 Å². The minimum absolute atomic E-state index is 0.00605. The molecule has 0 aliphatic carbocycles. The Hall–Kier alpha value is -2.15. The summed E-state index contributed by atoms with van der Waals surface area (Å²) in [5.74, 6) is 0.685. The SMILES string of the molecule is COc1cc(C(O)N2CCNCC2)ccc1-c1cc(C)c(=O)n(C)c1. The monoisotopic (exact) mass is 343 g/mol. The lowest BCUT2D eigenvalue weighted by Gasteiger charge is -2.32. The smallest absolute Gasteiger partial charge is 0.253 e. The molecule has 1 fully saturated rings. The Morgan fingerprint density at radius 2 is 1.96 bits per heavy atom. The maximum atomic E-state index is 11.9. The van der Waals surface area contributed by atoms with E-state index in [0.717, 1.165) is 42.9 Å².